The van der Waals surface area contributed by atoms with Crippen molar-refractivity contribution in [1.29, 1.82) is 0 Å². The number of H-pyrrole nitrogens is 2. The average Bonchev–Trinajstić information content (AvgIpc) is 3.11. The highest BCUT2D eigenvalue weighted by Gasteiger charge is 2.28. The third-order valence-corrected chi connectivity index (χ3v) is 5.82. The topological polar surface area (TPSA) is 97.1 Å². The predicted octanol–water partition coefficient (Wildman–Crippen LogP) is 3.49. The van der Waals surface area contributed by atoms with Gasteiger partial charge in [0.25, 0.3) is 5.56 Å². The molecule has 3 aromatic rings. The van der Waals surface area contributed by atoms with Crippen molar-refractivity contribution in [2.75, 3.05) is 7.11 Å². The maximum atomic E-state index is 12.7. The first kappa shape index (κ1) is 20.9. The highest BCUT2D eigenvalue weighted by Crippen LogP contribution is 2.34. The second-order valence-electron chi connectivity index (χ2n) is 8.57. The molecule has 0 amide bonds. The number of aromatic nitrogens is 3. The van der Waals surface area contributed by atoms with E-state index >= 15 is 0 Å². The van der Waals surface area contributed by atoms with Crippen LogP contribution in [0.1, 0.15) is 60.6 Å². The standard InChI is InChI=1S/C24H27N3O4/c1-24(2)9-8-16-11-15(6-7-20(16)31-24)12-19-22(23(29)27-26-19)18(13-21(28)30-3)17-5-4-10-25-14-17/h4-7,10-11,14,18H,8-9,12-13H2,1-3H3,(H2,26,27,29). The van der Waals surface area contributed by atoms with E-state index in [4.69, 9.17) is 9.47 Å². The van der Waals surface area contributed by atoms with Gasteiger partial charge in [-0.2, -0.15) is 0 Å². The fourth-order valence-electron chi connectivity index (χ4n) is 4.16. The van der Waals surface area contributed by atoms with E-state index in [0.29, 0.717) is 12.0 Å². The Morgan fingerprint density at radius 1 is 1.29 bits per heavy atom. The normalized spacial score (nSPS) is 15.6. The molecule has 1 aromatic carbocycles. The molecule has 7 nitrogen and oxygen atoms in total. The summed E-state index contributed by atoms with van der Waals surface area (Å²) >= 11 is 0. The number of aromatic amines is 2. The number of hydrogen-bond acceptors (Lipinski definition) is 5. The van der Waals surface area contributed by atoms with Gasteiger partial charge in [0, 0.05) is 36.0 Å². The minimum atomic E-state index is -0.451. The van der Waals surface area contributed by atoms with Gasteiger partial charge < -0.3 is 14.6 Å². The quantitative estimate of drug-likeness (QED) is 0.594. The number of nitrogens with zero attached hydrogens (tertiary/aromatic N) is 1. The van der Waals surface area contributed by atoms with E-state index in [1.807, 2.05) is 18.2 Å². The molecule has 0 fully saturated rings. The molecule has 0 spiro atoms. The van der Waals surface area contributed by atoms with Gasteiger partial charge in [0.1, 0.15) is 11.4 Å². The van der Waals surface area contributed by atoms with Crippen molar-refractivity contribution in [3.05, 3.63) is 81.0 Å². The summed E-state index contributed by atoms with van der Waals surface area (Å²) in [6.07, 6.45) is 5.84. The van der Waals surface area contributed by atoms with E-state index < -0.39 is 5.92 Å². The third-order valence-electron chi connectivity index (χ3n) is 5.82. The highest BCUT2D eigenvalue weighted by molar-refractivity contribution is 5.71. The van der Waals surface area contributed by atoms with Gasteiger partial charge in [0.05, 0.1) is 13.5 Å². The fraction of sp³-hybridized carbons (Fsp3) is 0.375. The van der Waals surface area contributed by atoms with Crippen LogP contribution in [0, 0.1) is 0 Å². The van der Waals surface area contributed by atoms with E-state index in [1.54, 1.807) is 18.5 Å². The summed E-state index contributed by atoms with van der Waals surface area (Å²) in [5, 5.41) is 5.71. The maximum absolute atomic E-state index is 12.7. The van der Waals surface area contributed by atoms with Gasteiger partial charge in [-0.25, -0.2) is 0 Å². The van der Waals surface area contributed by atoms with Gasteiger partial charge in [-0.15, -0.1) is 0 Å². The number of rotatable bonds is 6. The highest BCUT2D eigenvalue weighted by atomic mass is 16.5. The van der Waals surface area contributed by atoms with Crippen LogP contribution in [0.5, 0.6) is 5.75 Å². The predicted molar refractivity (Wildman–Crippen MR) is 116 cm³/mol. The van der Waals surface area contributed by atoms with Crippen LogP contribution in [-0.2, 0) is 22.4 Å². The van der Waals surface area contributed by atoms with E-state index in [2.05, 4.69) is 35.1 Å². The molecule has 1 unspecified atom stereocenters. The molecular weight excluding hydrogens is 394 g/mol. The first-order chi connectivity index (χ1) is 14.9. The summed E-state index contributed by atoms with van der Waals surface area (Å²) in [4.78, 5) is 29.0. The Morgan fingerprint density at radius 3 is 2.87 bits per heavy atom. The van der Waals surface area contributed by atoms with Crippen LogP contribution in [0.25, 0.3) is 0 Å². The largest absolute Gasteiger partial charge is 0.488 e. The van der Waals surface area contributed by atoms with Crippen molar-refractivity contribution in [1.82, 2.24) is 15.2 Å². The van der Waals surface area contributed by atoms with E-state index in [0.717, 1.165) is 35.4 Å². The molecule has 31 heavy (non-hydrogen) atoms. The van der Waals surface area contributed by atoms with Crippen molar-refractivity contribution in [2.45, 2.75) is 51.0 Å². The minimum Gasteiger partial charge on any atom is -0.488 e. The number of fused-ring (bicyclic) bond motifs is 1. The van der Waals surface area contributed by atoms with Crippen molar-refractivity contribution >= 4 is 5.97 Å². The zero-order chi connectivity index (χ0) is 22.0. The van der Waals surface area contributed by atoms with Gasteiger partial charge in [0.2, 0.25) is 0 Å². The lowest BCUT2D eigenvalue weighted by Gasteiger charge is -2.32. The van der Waals surface area contributed by atoms with Crippen LogP contribution >= 0.6 is 0 Å². The molecule has 1 atom stereocenters. The molecule has 0 saturated heterocycles. The Hall–Kier alpha value is -3.35. The molecule has 3 heterocycles. The zero-order valence-corrected chi connectivity index (χ0v) is 18.0. The number of carbonyl (C=O) groups excluding carboxylic acids is 1. The van der Waals surface area contributed by atoms with Crippen molar-refractivity contribution in [3.8, 4) is 5.75 Å². The van der Waals surface area contributed by atoms with Gasteiger partial charge in [-0.1, -0.05) is 18.2 Å². The first-order valence-electron chi connectivity index (χ1n) is 10.4. The van der Waals surface area contributed by atoms with Crippen LogP contribution in [0.3, 0.4) is 0 Å². The Labute approximate surface area is 180 Å². The molecule has 7 heteroatoms. The van der Waals surface area contributed by atoms with E-state index in [9.17, 15) is 9.59 Å². The van der Waals surface area contributed by atoms with Crippen LogP contribution in [-0.4, -0.2) is 33.9 Å². The van der Waals surface area contributed by atoms with Crippen LogP contribution in [0.15, 0.2) is 47.5 Å². The molecule has 4 rings (SSSR count). The Balaban J connectivity index is 1.67. The van der Waals surface area contributed by atoms with Gasteiger partial charge in [-0.3, -0.25) is 19.7 Å². The van der Waals surface area contributed by atoms with Crippen LogP contribution in [0.4, 0.5) is 0 Å². The minimum absolute atomic E-state index is 0.0588. The maximum Gasteiger partial charge on any atom is 0.306 e. The molecule has 0 aliphatic carbocycles. The third kappa shape index (κ3) is 4.55. The molecule has 162 valence electrons. The Kier molecular flexibility index (Phi) is 5.67. The molecular formula is C24H27N3O4. The number of methoxy groups -OCH3 is 1. The van der Waals surface area contributed by atoms with Crippen LogP contribution in [0.2, 0.25) is 0 Å². The molecule has 2 aromatic heterocycles. The van der Waals surface area contributed by atoms with Gasteiger partial charge >= 0.3 is 5.97 Å². The lowest BCUT2D eigenvalue weighted by Crippen LogP contribution is -2.32. The number of ether oxygens (including phenoxy) is 2. The van der Waals surface area contributed by atoms with Crippen molar-refractivity contribution in [2.24, 2.45) is 0 Å². The number of esters is 1. The molecule has 1 aliphatic rings. The summed E-state index contributed by atoms with van der Waals surface area (Å²) in [5.41, 5.74) is 3.93. The molecule has 2 N–H and O–H groups in total. The summed E-state index contributed by atoms with van der Waals surface area (Å²) < 4.78 is 11.0. The van der Waals surface area contributed by atoms with Gasteiger partial charge in [-0.05, 0) is 55.5 Å². The average molecular weight is 421 g/mol. The van der Waals surface area contributed by atoms with E-state index in [-0.39, 0.29) is 23.6 Å². The SMILES string of the molecule is COC(=O)CC(c1cccnc1)c1c(Cc2ccc3c(c2)CCC(C)(C)O3)[nH][nH]c1=O. The second-order valence-corrected chi connectivity index (χ2v) is 8.57. The number of carbonyl (C=O) groups is 1. The molecule has 1 aliphatic heterocycles. The second kappa shape index (κ2) is 8.41. The monoisotopic (exact) mass is 421 g/mol. The summed E-state index contributed by atoms with van der Waals surface area (Å²) in [6.45, 7) is 4.20. The number of benzene rings is 1. The summed E-state index contributed by atoms with van der Waals surface area (Å²) in [5.74, 6) is 0.0866. The fourth-order valence-corrected chi connectivity index (χ4v) is 4.16. The van der Waals surface area contributed by atoms with Crippen LogP contribution < -0.4 is 10.3 Å². The zero-order valence-electron chi connectivity index (χ0n) is 18.0. The number of hydrogen-bond donors (Lipinski definition) is 2. The van der Waals surface area contributed by atoms with Crippen molar-refractivity contribution in [3.63, 3.8) is 0 Å². The number of pyridine rings is 1. The Morgan fingerprint density at radius 2 is 2.13 bits per heavy atom. The Bertz CT molecular complexity index is 1130. The first-order valence-corrected chi connectivity index (χ1v) is 10.4. The van der Waals surface area contributed by atoms with E-state index in [1.165, 1.54) is 12.7 Å². The lowest BCUT2D eigenvalue weighted by atomic mass is 9.87. The molecule has 0 saturated carbocycles. The molecule has 0 radical (unpaired) electrons. The number of aryl methyl sites for hydroxylation is 1. The van der Waals surface area contributed by atoms with Crippen molar-refractivity contribution < 1.29 is 14.3 Å². The number of nitrogens with one attached hydrogen (secondary N) is 2. The lowest BCUT2D eigenvalue weighted by molar-refractivity contribution is -0.140. The summed E-state index contributed by atoms with van der Waals surface area (Å²) in [7, 11) is 1.35. The summed E-state index contributed by atoms with van der Waals surface area (Å²) in [6, 6.07) is 9.83. The smallest absolute Gasteiger partial charge is 0.306 e. The molecule has 0 bridgehead atoms. The van der Waals surface area contributed by atoms with Gasteiger partial charge in [0.15, 0.2) is 0 Å².